The van der Waals surface area contributed by atoms with E-state index in [1.54, 1.807) is 6.92 Å². The molecule has 1 fully saturated rings. The van der Waals surface area contributed by atoms with Gasteiger partial charge in [0.05, 0.1) is 42.1 Å². The minimum absolute atomic E-state index is 0.00621. The van der Waals surface area contributed by atoms with Gasteiger partial charge in [0.15, 0.2) is 17.9 Å². The second-order valence-electron chi connectivity index (χ2n) is 9.93. The number of aliphatic hydroxyl groups is 2. The molecule has 2 aromatic rings. The molecule has 2 aliphatic carbocycles. The van der Waals surface area contributed by atoms with Gasteiger partial charge in [0.2, 0.25) is 5.78 Å². The summed E-state index contributed by atoms with van der Waals surface area (Å²) in [5.41, 5.74) is 5.39. The van der Waals surface area contributed by atoms with Crippen molar-refractivity contribution in [3.8, 4) is 17.2 Å². The fourth-order valence-electron chi connectivity index (χ4n) is 5.73. The molecule has 0 radical (unpaired) electrons. The summed E-state index contributed by atoms with van der Waals surface area (Å²) in [6.07, 6.45) is -3.54. The number of nitrogens with two attached hydrogens (primary N) is 1. The maximum Gasteiger partial charge on any atom is 0.202 e. The summed E-state index contributed by atoms with van der Waals surface area (Å²) < 4.78 is 17.2. The number of phenolic OH excluding ortho intramolecular Hbond substituents is 2. The fraction of sp³-hybridized carbons (Fsp3) is 0.444. The van der Waals surface area contributed by atoms with Gasteiger partial charge >= 0.3 is 0 Å². The van der Waals surface area contributed by atoms with Crippen molar-refractivity contribution in [1.82, 2.24) is 0 Å². The molecule has 5 unspecified atom stereocenters. The van der Waals surface area contributed by atoms with Gasteiger partial charge in [-0.15, -0.1) is 0 Å². The third-order valence-corrected chi connectivity index (χ3v) is 7.71. The van der Waals surface area contributed by atoms with Gasteiger partial charge in [-0.3, -0.25) is 14.4 Å². The summed E-state index contributed by atoms with van der Waals surface area (Å²) in [6.45, 7) is 0.880. The van der Waals surface area contributed by atoms with E-state index in [0.29, 0.717) is 0 Å². The number of aliphatic hydroxyl groups excluding tert-OH is 2. The number of hydrogen-bond donors (Lipinski definition) is 5. The number of hydrogen-bond acceptors (Lipinski definition) is 11. The molecule has 0 spiro atoms. The van der Waals surface area contributed by atoms with Gasteiger partial charge in [-0.1, -0.05) is 12.1 Å². The molecule has 0 aromatic heterocycles. The Morgan fingerprint density at radius 2 is 1.82 bits per heavy atom. The van der Waals surface area contributed by atoms with Gasteiger partial charge < -0.3 is 40.4 Å². The minimum Gasteiger partial charge on any atom is -0.507 e. The third-order valence-electron chi connectivity index (χ3n) is 7.71. The Hall–Kier alpha value is -3.35. The highest BCUT2D eigenvalue weighted by Gasteiger charge is 2.45. The number of ether oxygens (including phenoxy) is 3. The summed E-state index contributed by atoms with van der Waals surface area (Å²) >= 11 is 0. The van der Waals surface area contributed by atoms with E-state index < -0.39 is 72.0 Å². The van der Waals surface area contributed by atoms with Crippen molar-refractivity contribution in [2.75, 3.05) is 13.7 Å². The minimum atomic E-state index is -1.06. The predicted molar refractivity (Wildman–Crippen MR) is 130 cm³/mol. The van der Waals surface area contributed by atoms with Crippen molar-refractivity contribution in [3.63, 3.8) is 0 Å². The van der Waals surface area contributed by atoms with Gasteiger partial charge in [-0.05, 0) is 25.8 Å². The lowest BCUT2D eigenvalue weighted by molar-refractivity contribution is -0.243. The van der Waals surface area contributed by atoms with Crippen molar-refractivity contribution in [1.29, 1.82) is 0 Å². The average Bonchev–Trinajstić information content (AvgIpc) is 2.90. The molecular formula is C27H29NO10. The maximum absolute atomic E-state index is 13.6. The highest BCUT2D eigenvalue weighted by Crippen LogP contribution is 2.51. The lowest BCUT2D eigenvalue weighted by Gasteiger charge is -2.40. The summed E-state index contributed by atoms with van der Waals surface area (Å²) in [5.74, 6) is -3.64. The molecule has 1 saturated heterocycles. The molecule has 0 bridgehead atoms. The molecule has 0 saturated carbocycles. The molecule has 0 amide bonds. The summed E-state index contributed by atoms with van der Waals surface area (Å²) in [4.78, 5) is 39.6. The number of carbonyl (C=O) groups excluding carboxylic acids is 3. The number of aromatic hydroxyl groups is 2. The van der Waals surface area contributed by atoms with E-state index in [1.807, 2.05) is 0 Å². The smallest absolute Gasteiger partial charge is 0.202 e. The first kappa shape index (κ1) is 26.3. The largest absolute Gasteiger partial charge is 0.507 e. The van der Waals surface area contributed by atoms with Crippen LogP contribution in [0, 0.1) is 5.92 Å². The highest BCUT2D eigenvalue weighted by atomic mass is 16.7. The van der Waals surface area contributed by atoms with Crippen LogP contribution in [-0.4, -0.2) is 76.0 Å². The van der Waals surface area contributed by atoms with Crippen molar-refractivity contribution >= 4 is 17.3 Å². The molecule has 5 rings (SSSR count). The molecular weight excluding hydrogens is 498 g/mol. The number of methoxy groups -OCH3 is 1. The first-order valence-corrected chi connectivity index (χ1v) is 12.3. The zero-order valence-corrected chi connectivity index (χ0v) is 20.8. The molecule has 202 valence electrons. The average molecular weight is 528 g/mol. The first-order chi connectivity index (χ1) is 18.1. The van der Waals surface area contributed by atoms with Crippen LogP contribution < -0.4 is 10.5 Å². The molecule has 6 N–H and O–H groups in total. The number of fused-ring (bicyclic) bond motifs is 3. The Labute approximate surface area is 217 Å². The summed E-state index contributed by atoms with van der Waals surface area (Å²) in [7, 11) is 1.35. The predicted octanol–water partition coefficient (Wildman–Crippen LogP) is 0.886. The van der Waals surface area contributed by atoms with Crippen LogP contribution in [0.25, 0.3) is 0 Å². The molecule has 6 atom stereocenters. The van der Waals surface area contributed by atoms with Crippen molar-refractivity contribution in [3.05, 3.63) is 51.6 Å². The number of ketones is 3. The Balaban J connectivity index is 1.65. The van der Waals surface area contributed by atoms with Gasteiger partial charge in [0.1, 0.15) is 23.9 Å². The van der Waals surface area contributed by atoms with Crippen molar-refractivity contribution in [2.24, 2.45) is 11.7 Å². The van der Waals surface area contributed by atoms with E-state index in [0.717, 1.165) is 0 Å². The standard InChI is InChI=1S/C27H29NO10/c1-10-23(31)14(28)8-18(37-10)38-17-7-11(15(30)9-29)6-13-20(17)27(35)22-21(25(13)33)24(32)12-4-3-5-16(36-2)19(12)26(22)34/h3-5,10-11,14,17-18,23,29,31,33,35H,6-9,28H2,1-2H3/t10?,11?,14?,17?,18-,23?/m1/s1. The molecule has 3 aliphatic rings. The lowest BCUT2D eigenvalue weighted by Crippen LogP contribution is -2.52. The van der Waals surface area contributed by atoms with Crippen LogP contribution in [0.2, 0.25) is 0 Å². The van der Waals surface area contributed by atoms with E-state index in [2.05, 4.69) is 0 Å². The summed E-state index contributed by atoms with van der Waals surface area (Å²) in [5, 5.41) is 42.4. The molecule has 2 aromatic carbocycles. The SMILES string of the molecule is COc1cccc2c1C(=O)c1c(O)c3c(c(O)c1C2=O)CC(C(=O)CO)CC3O[C@@H]1CC(N)C(O)C(C)O1. The maximum atomic E-state index is 13.6. The van der Waals surface area contributed by atoms with E-state index in [1.165, 1.54) is 25.3 Å². The van der Waals surface area contributed by atoms with Gasteiger partial charge in [0, 0.05) is 35.1 Å². The van der Waals surface area contributed by atoms with Crippen LogP contribution in [0.1, 0.15) is 68.8 Å². The van der Waals surface area contributed by atoms with Crippen LogP contribution in [-0.2, 0) is 20.7 Å². The first-order valence-electron chi connectivity index (χ1n) is 12.3. The third kappa shape index (κ3) is 3.98. The monoisotopic (exact) mass is 527 g/mol. The van der Waals surface area contributed by atoms with Gasteiger partial charge in [-0.2, -0.15) is 0 Å². The second-order valence-corrected chi connectivity index (χ2v) is 9.93. The van der Waals surface area contributed by atoms with E-state index in [4.69, 9.17) is 19.9 Å². The van der Waals surface area contributed by atoms with Crippen LogP contribution in [0.15, 0.2) is 18.2 Å². The van der Waals surface area contributed by atoms with Crippen LogP contribution in [0.3, 0.4) is 0 Å². The molecule has 1 heterocycles. The topological polar surface area (TPSA) is 186 Å². The van der Waals surface area contributed by atoms with Crippen LogP contribution in [0.4, 0.5) is 0 Å². The number of Topliss-reactive ketones (excluding diaryl/α,β-unsaturated/α-hetero) is 1. The van der Waals surface area contributed by atoms with Gasteiger partial charge in [0.25, 0.3) is 0 Å². The zero-order valence-electron chi connectivity index (χ0n) is 20.8. The van der Waals surface area contributed by atoms with E-state index >= 15 is 0 Å². The Morgan fingerprint density at radius 3 is 2.47 bits per heavy atom. The number of phenols is 2. The van der Waals surface area contributed by atoms with E-state index in [9.17, 15) is 34.8 Å². The number of rotatable bonds is 5. The molecule has 11 nitrogen and oxygen atoms in total. The molecule has 38 heavy (non-hydrogen) atoms. The quantitative estimate of drug-likeness (QED) is 0.297. The second kappa shape index (κ2) is 9.75. The zero-order chi connectivity index (χ0) is 27.5. The Bertz CT molecular complexity index is 1330. The number of benzene rings is 2. The van der Waals surface area contributed by atoms with Crippen LogP contribution >= 0.6 is 0 Å². The van der Waals surface area contributed by atoms with Crippen molar-refractivity contribution in [2.45, 2.75) is 56.8 Å². The molecule has 1 aliphatic heterocycles. The van der Waals surface area contributed by atoms with E-state index in [-0.39, 0.29) is 58.4 Å². The summed E-state index contributed by atoms with van der Waals surface area (Å²) in [6, 6.07) is 3.83. The Kier molecular flexibility index (Phi) is 6.74. The lowest BCUT2D eigenvalue weighted by atomic mass is 9.73. The number of carbonyl (C=O) groups is 3. The Morgan fingerprint density at radius 1 is 1.11 bits per heavy atom. The van der Waals surface area contributed by atoms with Gasteiger partial charge in [-0.25, -0.2) is 0 Å². The fourth-order valence-corrected chi connectivity index (χ4v) is 5.73. The molecule has 11 heteroatoms. The highest BCUT2D eigenvalue weighted by molar-refractivity contribution is 6.31. The van der Waals surface area contributed by atoms with Crippen molar-refractivity contribution < 1.29 is 49.0 Å². The normalized spacial score (nSPS) is 28.3. The van der Waals surface area contributed by atoms with Crippen LogP contribution in [0.5, 0.6) is 17.2 Å².